The Morgan fingerprint density at radius 1 is 1.47 bits per heavy atom. The molecular formula is C14H20BrNO. The van der Waals surface area contributed by atoms with E-state index in [2.05, 4.69) is 36.7 Å². The maximum absolute atomic E-state index is 10.5. The molecule has 1 aromatic carbocycles. The molecule has 1 aliphatic rings. The number of phenols is 1. The Kier molecular flexibility index (Phi) is 3.25. The number of nitrogens with two attached hydrogens (primary N) is 1. The van der Waals surface area contributed by atoms with Crippen LogP contribution in [0.15, 0.2) is 10.5 Å². The fourth-order valence-corrected chi connectivity index (χ4v) is 3.00. The van der Waals surface area contributed by atoms with Crippen LogP contribution in [-0.4, -0.2) is 11.7 Å². The van der Waals surface area contributed by atoms with E-state index in [9.17, 15) is 5.11 Å². The van der Waals surface area contributed by atoms with Gasteiger partial charge in [0.25, 0.3) is 0 Å². The molecule has 0 aromatic heterocycles. The zero-order chi connectivity index (χ0) is 12.8. The summed E-state index contributed by atoms with van der Waals surface area (Å²) >= 11 is 3.60. The quantitative estimate of drug-likeness (QED) is 0.896. The van der Waals surface area contributed by atoms with Crippen molar-refractivity contribution in [3.63, 3.8) is 0 Å². The van der Waals surface area contributed by atoms with Gasteiger partial charge in [0.15, 0.2) is 0 Å². The highest BCUT2D eigenvalue weighted by Crippen LogP contribution is 2.54. The van der Waals surface area contributed by atoms with E-state index in [0.29, 0.717) is 18.2 Å². The van der Waals surface area contributed by atoms with E-state index in [1.807, 2.05) is 6.07 Å². The van der Waals surface area contributed by atoms with E-state index >= 15 is 0 Å². The van der Waals surface area contributed by atoms with Gasteiger partial charge >= 0.3 is 0 Å². The predicted octanol–water partition coefficient (Wildman–Crippen LogP) is 3.58. The smallest absolute Gasteiger partial charge is 0.123 e. The standard InChI is InChI=1S/C14H20BrNO/c1-8(2)10-6-11(15)9(3)12(13(10)17)14(7-16)4-5-14/h6,8,17H,4-5,7,16H2,1-3H3. The largest absolute Gasteiger partial charge is 0.507 e. The molecule has 0 unspecified atom stereocenters. The van der Waals surface area contributed by atoms with Crippen LogP contribution in [0.5, 0.6) is 5.75 Å². The van der Waals surface area contributed by atoms with Crippen molar-refractivity contribution in [1.82, 2.24) is 0 Å². The SMILES string of the molecule is Cc1c(Br)cc(C(C)C)c(O)c1C1(CN)CC1. The van der Waals surface area contributed by atoms with Crippen LogP contribution in [0.1, 0.15) is 49.3 Å². The number of hydrogen-bond acceptors (Lipinski definition) is 2. The van der Waals surface area contributed by atoms with E-state index in [4.69, 9.17) is 5.73 Å². The second kappa shape index (κ2) is 4.29. The Hall–Kier alpha value is -0.540. The van der Waals surface area contributed by atoms with Crippen molar-refractivity contribution in [2.24, 2.45) is 5.73 Å². The van der Waals surface area contributed by atoms with Crippen LogP contribution in [0.3, 0.4) is 0 Å². The monoisotopic (exact) mass is 297 g/mol. The number of hydrogen-bond donors (Lipinski definition) is 2. The summed E-state index contributed by atoms with van der Waals surface area (Å²) in [5.74, 6) is 0.780. The average Bonchev–Trinajstić information content (AvgIpc) is 3.04. The van der Waals surface area contributed by atoms with Gasteiger partial charge in [-0.3, -0.25) is 0 Å². The summed E-state index contributed by atoms with van der Waals surface area (Å²) in [6.07, 6.45) is 2.18. The van der Waals surface area contributed by atoms with Crippen LogP contribution in [0, 0.1) is 6.92 Å². The second-order valence-electron chi connectivity index (χ2n) is 5.44. The fraction of sp³-hybridized carbons (Fsp3) is 0.571. The van der Waals surface area contributed by atoms with Gasteiger partial charge in [0, 0.05) is 22.0 Å². The molecule has 0 saturated heterocycles. The van der Waals surface area contributed by atoms with Crippen molar-refractivity contribution in [2.75, 3.05) is 6.54 Å². The van der Waals surface area contributed by atoms with Crippen LogP contribution in [0.4, 0.5) is 0 Å². The Bertz CT molecular complexity index is 450. The molecule has 0 atom stereocenters. The molecule has 0 radical (unpaired) electrons. The first kappa shape index (κ1) is 12.9. The van der Waals surface area contributed by atoms with Crippen molar-refractivity contribution >= 4 is 15.9 Å². The molecule has 1 aliphatic carbocycles. The first-order valence-electron chi connectivity index (χ1n) is 6.15. The van der Waals surface area contributed by atoms with Crippen LogP contribution in [0.25, 0.3) is 0 Å². The molecular weight excluding hydrogens is 278 g/mol. The zero-order valence-corrected chi connectivity index (χ0v) is 12.3. The first-order valence-corrected chi connectivity index (χ1v) is 6.95. The van der Waals surface area contributed by atoms with Gasteiger partial charge in [-0.1, -0.05) is 29.8 Å². The third-order valence-corrected chi connectivity index (χ3v) is 4.75. The van der Waals surface area contributed by atoms with Gasteiger partial charge < -0.3 is 10.8 Å². The van der Waals surface area contributed by atoms with Gasteiger partial charge in [-0.25, -0.2) is 0 Å². The van der Waals surface area contributed by atoms with Crippen LogP contribution >= 0.6 is 15.9 Å². The molecule has 1 aromatic rings. The summed E-state index contributed by atoms with van der Waals surface area (Å²) < 4.78 is 1.08. The highest BCUT2D eigenvalue weighted by atomic mass is 79.9. The van der Waals surface area contributed by atoms with Gasteiger partial charge in [-0.05, 0) is 42.9 Å². The molecule has 0 amide bonds. The highest BCUT2D eigenvalue weighted by molar-refractivity contribution is 9.10. The molecule has 3 heteroatoms. The molecule has 0 heterocycles. The van der Waals surface area contributed by atoms with Gasteiger partial charge in [-0.2, -0.15) is 0 Å². The van der Waals surface area contributed by atoms with Gasteiger partial charge in [0.05, 0.1) is 0 Å². The molecule has 1 saturated carbocycles. The number of phenolic OH excluding ortho intramolecular Hbond substituents is 1. The molecule has 3 N–H and O–H groups in total. The van der Waals surface area contributed by atoms with Crippen molar-refractivity contribution in [1.29, 1.82) is 0 Å². The summed E-state index contributed by atoms with van der Waals surface area (Å²) in [6.45, 7) is 6.87. The van der Waals surface area contributed by atoms with Gasteiger partial charge in [-0.15, -0.1) is 0 Å². The van der Waals surface area contributed by atoms with Crippen molar-refractivity contribution < 1.29 is 5.11 Å². The number of halogens is 1. The number of benzene rings is 1. The first-order chi connectivity index (χ1) is 7.93. The Morgan fingerprint density at radius 2 is 2.06 bits per heavy atom. The second-order valence-corrected chi connectivity index (χ2v) is 6.29. The molecule has 1 fully saturated rings. The lowest BCUT2D eigenvalue weighted by atomic mass is 9.87. The minimum Gasteiger partial charge on any atom is -0.507 e. The summed E-state index contributed by atoms with van der Waals surface area (Å²) in [5, 5.41) is 10.5. The topological polar surface area (TPSA) is 46.2 Å². The number of rotatable bonds is 3. The maximum atomic E-state index is 10.5. The van der Waals surface area contributed by atoms with Crippen LogP contribution in [0.2, 0.25) is 0 Å². The lowest BCUT2D eigenvalue weighted by Gasteiger charge is -2.22. The number of aromatic hydroxyl groups is 1. The zero-order valence-electron chi connectivity index (χ0n) is 10.7. The van der Waals surface area contributed by atoms with Gasteiger partial charge in [0.1, 0.15) is 5.75 Å². The molecule has 0 bridgehead atoms. The minimum absolute atomic E-state index is 0.0294. The Balaban J connectivity index is 2.65. The van der Waals surface area contributed by atoms with Crippen molar-refractivity contribution in [3.8, 4) is 5.75 Å². The normalized spacial score (nSPS) is 17.5. The van der Waals surface area contributed by atoms with Crippen LogP contribution in [-0.2, 0) is 5.41 Å². The predicted molar refractivity (Wildman–Crippen MR) is 74.6 cm³/mol. The van der Waals surface area contributed by atoms with Crippen molar-refractivity contribution in [2.45, 2.75) is 44.9 Å². The summed E-state index contributed by atoms with van der Waals surface area (Å²) in [6, 6.07) is 2.03. The van der Waals surface area contributed by atoms with E-state index < -0.39 is 0 Å². The molecule has 0 aliphatic heterocycles. The summed E-state index contributed by atoms with van der Waals surface area (Å²) in [7, 11) is 0. The Morgan fingerprint density at radius 3 is 2.47 bits per heavy atom. The third kappa shape index (κ3) is 2.00. The lowest BCUT2D eigenvalue weighted by molar-refractivity contribution is 0.447. The lowest BCUT2D eigenvalue weighted by Crippen LogP contribution is -2.21. The van der Waals surface area contributed by atoms with Crippen LogP contribution < -0.4 is 5.73 Å². The fourth-order valence-electron chi connectivity index (χ4n) is 2.55. The molecule has 2 rings (SSSR count). The van der Waals surface area contributed by atoms with E-state index in [1.165, 1.54) is 0 Å². The van der Waals surface area contributed by atoms with E-state index in [1.54, 1.807) is 0 Å². The van der Waals surface area contributed by atoms with E-state index in [0.717, 1.165) is 34.0 Å². The molecule has 2 nitrogen and oxygen atoms in total. The summed E-state index contributed by atoms with van der Waals surface area (Å²) in [5.41, 5.74) is 9.13. The molecule has 0 spiro atoms. The minimum atomic E-state index is 0.0294. The Labute approximate surface area is 111 Å². The maximum Gasteiger partial charge on any atom is 0.123 e. The van der Waals surface area contributed by atoms with Gasteiger partial charge in [0.2, 0.25) is 0 Å². The highest BCUT2D eigenvalue weighted by Gasteiger charge is 2.46. The molecule has 94 valence electrons. The third-order valence-electron chi connectivity index (χ3n) is 3.92. The molecule has 17 heavy (non-hydrogen) atoms. The van der Waals surface area contributed by atoms with E-state index in [-0.39, 0.29) is 5.41 Å². The summed E-state index contributed by atoms with van der Waals surface area (Å²) in [4.78, 5) is 0. The van der Waals surface area contributed by atoms with Crippen molar-refractivity contribution in [3.05, 3.63) is 27.2 Å². The average molecular weight is 298 g/mol.